The first-order chi connectivity index (χ1) is 9.04. The molecule has 0 aliphatic heterocycles. The molecule has 3 nitrogen and oxygen atoms in total. The Morgan fingerprint density at radius 1 is 1.32 bits per heavy atom. The van der Waals surface area contributed by atoms with Gasteiger partial charge in [0.25, 0.3) is 5.56 Å². The van der Waals surface area contributed by atoms with Crippen molar-refractivity contribution in [3.63, 3.8) is 0 Å². The van der Waals surface area contributed by atoms with Gasteiger partial charge in [-0.25, -0.2) is 4.98 Å². The lowest BCUT2D eigenvalue weighted by Gasteiger charge is -2.09. The summed E-state index contributed by atoms with van der Waals surface area (Å²) in [6, 6.07) is 5.20. The van der Waals surface area contributed by atoms with E-state index in [0.29, 0.717) is 25.0 Å². The van der Waals surface area contributed by atoms with Crippen molar-refractivity contribution in [1.82, 2.24) is 9.97 Å². The van der Waals surface area contributed by atoms with Crippen LogP contribution in [0.3, 0.4) is 0 Å². The maximum absolute atomic E-state index is 11.9. The van der Waals surface area contributed by atoms with E-state index in [9.17, 15) is 4.79 Å². The van der Waals surface area contributed by atoms with Crippen LogP contribution in [0.1, 0.15) is 19.0 Å². The SMILES string of the molecule is CCCc1nc(-c2c(Cl)cccc2Cl)[nH]c(=O)c1I. The molecule has 6 heteroatoms. The molecule has 0 saturated carbocycles. The van der Waals surface area contributed by atoms with E-state index in [1.807, 2.05) is 29.5 Å². The summed E-state index contributed by atoms with van der Waals surface area (Å²) in [5, 5.41) is 0.943. The van der Waals surface area contributed by atoms with Crippen LogP contribution in [-0.2, 0) is 6.42 Å². The lowest BCUT2D eigenvalue weighted by molar-refractivity contribution is 0.860. The van der Waals surface area contributed by atoms with Gasteiger partial charge in [0, 0.05) is 0 Å². The standard InChI is InChI=1S/C13H11Cl2IN2O/c1-2-4-9-11(16)13(19)18-12(17-9)10-7(14)5-3-6-8(10)15/h3,5-6H,2,4H2,1H3,(H,17,18,19). The van der Waals surface area contributed by atoms with Gasteiger partial charge >= 0.3 is 0 Å². The number of hydrogen-bond acceptors (Lipinski definition) is 2. The summed E-state index contributed by atoms with van der Waals surface area (Å²) < 4.78 is 0.617. The topological polar surface area (TPSA) is 45.8 Å². The number of halogens is 3. The molecular formula is C13H11Cl2IN2O. The van der Waals surface area contributed by atoms with E-state index in [4.69, 9.17) is 23.2 Å². The van der Waals surface area contributed by atoms with Crippen molar-refractivity contribution in [1.29, 1.82) is 0 Å². The van der Waals surface area contributed by atoms with Gasteiger partial charge in [-0.1, -0.05) is 42.6 Å². The van der Waals surface area contributed by atoms with Gasteiger partial charge in [0.15, 0.2) is 0 Å². The first-order valence-electron chi connectivity index (χ1n) is 5.77. The van der Waals surface area contributed by atoms with Gasteiger partial charge in [-0.3, -0.25) is 4.79 Å². The molecule has 1 N–H and O–H groups in total. The van der Waals surface area contributed by atoms with Gasteiger partial charge in [-0.05, 0) is 41.1 Å². The molecule has 0 bridgehead atoms. The summed E-state index contributed by atoms with van der Waals surface area (Å²) in [4.78, 5) is 19.2. The van der Waals surface area contributed by atoms with Crippen LogP contribution in [-0.4, -0.2) is 9.97 Å². The highest BCUT2D eigenvalue weighted by atomic mass is 127. The summed E-state index contributed by atoms with van der Waals surface area (Å²) in [7, 11) is 0. The minimum absolute atomic E-state index is 0.162. The number of aromatic nitrogens is 2. The maximum Gasteiger partial charge on any atom is 0.264 e. The molecule has 19 heavy (non-hydrogen) atoms. The molecule has 0 aliphatic carbocycles. The molecule has 2 rings (SSSR count). The van der Waals surface area contributed by atoms with Gasteiger partial charge in [0.05, 0.1) is 24.9 Å². The monoisotopic (exact) mass is 408 g/mol. The van der Waals surface area contributed by atoms with E-state index in [1.165, 1.54) is 0 Å². The van der Waals surface area contributed by atoms with Crippen molar-refractivity contribution < 1.29 is 0 Å². The average Bonchev–Trinajstić information content (AvgIpc) is 2.35. The van der Waals surface area contributed by atoms with Crippen LogP contribution in [0.5, 0.6) is 0 Å². The van der Waals surface area contributed by atoms with Crippen molar-refractivity contribution in [3.8, 4) is 11.4 Å². The normalized spacial score (nSPS) is 10.7. The van der Waals surface area contributed by atoms with Gasteiger partial charge in [0.2, 0.25) is 0 Å². The molecule has 0 saturated heterocycles. The zero-order valence-corrected chi connectivity index (χ0v) is 13.8. The molecule has 0 radical (unpaired) electrons. The number of aromatic amines is 1. The van der Waals surface area contributed by atoms with Gasteiger partial charge in [-0.2, -0.15) is 0 Å². The zero-order valence-electron chi connectivity index (χ0n) is 10.1. The predicted molar refractivity (Wildman–Crippen MR) is 87.0 cm³/mol. The highest BCUT2D eigenvalue weighted by Gasteiger charge is 2.14. The second-order valence-electron chi connectivity index (χ2n) is 4.02. The first kappa shape index (κ1) is 14.8. The zero-order chi connectivity index (χ0) is 14.0. The van der Waals surface area contributed by atoms with Crippen molar-refractivity contribution >= 4 is 45.8 Å². The van der Waals surface area contributed by atoms with Crippen LogP contribution in [0.4, 0.5) is 0 Å². The summed E-state index contributed by atoms with van der Waals surface area (Å²) >= 11 is 14.3. The first-order valence-corrected chi connectivity index (χ1v) is 7.61. The highest BCUT2D eigenvalue weighted by molar-refractivity contribution is 14.1. The van der Waals surface area contributed by atoms with E-state index < -0.39 is 0 Å². The Hall–Kier alpha value is -0.590. The van der Waals surface area contributed by atoms with E-state index in [0.717, 1.165) is 18.5 Å². The minimum atomic E-state index is -0.162. The van der Waals surface area contributed by atoms with E-state index >= 15 is 0 Å². The molecule has 0 unspecified atom stereocenters. The van der Waals surface area contributed by atoms with Crippen molar-refractivity contribution in [2.75, 3.05) is 0 Å². The lowest BCUT2D eigenvalue weighted by atomic mass is 10.2. The van der Waals surface area contributed by atoms with Crippen LogP contribution in [0.25, 0.3) is 11.4 Å². The Bertz CT molecular complexity index is 650. The predicted octanol–water partition coefficient (Wildman–Crippen LogP) is 4.30. The van der Waals surface area contributed by atoms with Crippen LogP contribution in [0, 0.1) is 3.57 Å². The second kappa shape index (κ2) is 6.24. The highest BCUT2D eigenvalue weighted by Crippen LogP contribution is 2.32. The number of aryl methyl sites for hydroxylation is 1. The Morgan fingerprint density at radius 2 is 1.95 bits per heavy atom. The second-order valence-corrected chi connectivity index (χ2v) is 5.92. The number of benzene rings is 1. The number of hydrogen-bond donors (Lipinski definition) is 1. The van der Waals surface area contributed by atoms with Gasteiger partial charge in [-0.15, -0.1) is 0 Å². The van der Waals surface area contributed by atoms with Crippen LogP contribution in [0.2, 0.25) is 10.0 Å². The number of nitrogens with one attached hydrogen (secondary N) is 1. The molecule has 0 atom stereocenters. The number of H-pyrrole nitrogens is 1. The molecule has 0 fully saturated rings. The number of nitrogens with zero attached hydrogens (tertiary/aromatic N) is 1. The van der Waals surface area contributed by atoms with E-state index in [2.05, 4.69) is 9.97 Å². The van der Waals surface area contributed by atoms with E-state index in [1.54, 1.807) is 18.2 Å². The Morgan fingerprint density at radius 3 is 2.53 bits per heavy atom. The summed E-state index contributed by atoms with van der Waals surface area (Å²) in [6.45, 7) is 2.04. The molecular weight excluding hydrogens is 398 g/mol. The molecule has 1 aromatic carbocycles. The molecule has 0 aliphatic rings. The van der Waals surface area contributed by atoms with Crippen molar-refractivity contribution in [3.05, 3.63) is 47.9 Å². The quantitative estimate of drug-likeness (QED) is 0.769. The van der Waals surface area contributed by atoms with Crippen molar-refractivity contribution in [2.45, 2.75) is 19.8 Å². The Labute approximate surface area is 134 Å². The maximum atomic E-state index is 11.9. The van der Waals surface area contributed by atoms with Crippen LogP contribution in [0.15, 0.2) is 23.0 Å². The Kier molecular flexibility index (Phi) is 4.86. The third kappa shape index (κ3) is 3.12. The molecule has 1 heterocycles. The van der Waals surface area contributed by atoms with E-state index in [-0.39, 0.29) is 5.56 Å². The molecule has 0 amide bonds. The van der Waals surface area contributed by atoms with Gasteiger partial charge < -0.3 is 4.98 Å². The van der Waals surface area contributed by atoms with Crippen LogP contribution >= 0.6 is 45.8 Å². The average molecular weight is 409 g/mol. The van der Waals surface area contributed by atoms with Crippen molar-refractivity contribution in [2.24, 2.45) is 0 Å². The summed E-state index contributed by atoms with van der Waals surface area (Å²) in [6.07, 6.45) is 1.67. The third-order valence-electron chi connectivity index (χ3n) is 2.62. The fraction of sp³-hybridized carbons (Fsp3) is 0.231. The minimum Gasteiger partial charge on any atom is -0.306 e. The molecule has 1 aromatic heterocycles. The van der Waals surface area contributed by atoms with Crippen LogP contribution < -0.4 is 5.56 Å². The largest absolute Gasteiger partial charge is 0.306 e. The lowest BCUT2D eigenvalue weighted by Crippen LogP contribution is -2.16. The fourth-order valence-electron chi connectivity index (χ4n) is 1.75. The Balaban J connectivity index is 2.67. The summed E-state index contributed by atoms with van der Waals surface area (Å²) in [5.74, 6) is 0.421. The molecule has 2 aromatic rings. The third-order valence-corrected chi connectivity index (χ3v) is 4.36. The molecule has 100 valence electrons. The fourth-order valence-corrected chi connectivity index (χ4v) is 2.85. The van der Waals surface area contributed by atoms with Gasteiger partial charge in [0.1, 0.15) is 5.82 Å². The molecule has 0 spiro atoms. The number of rotatable bonds is 3. The summed E-state index contributed by atoms with van der Waals surface area (Å²) in [5.41, 5.74) is 1.18. The smallest absolute Gasteiger partial charge is 0.264 e.